The first-order chi connectivity index (χ1) is 8.00. The van der Waals surface area contributed by atoms with E-state index >= 15 is 0 Å². The molecule has 0 aliphatic rings. The van der Waals surface area contributed by atoms with Gasteiger partial charge in [-0.1, -0.05) is 16.8 Å². The SMILES string of the molecule is O=C(O)c1nnn(-c2cc(Cl)ccc2O)c1I. The number of aromatic carboxylic acids is 1. The van der Waals surface area contributed by atoms with E-state index in [1.807, 2.05) is 0 Å². The number of hydrogen-bond acceptors (Lipinski definition) is 4. The van der Waals surface area contributed by atoms with E-state index in [9.17, 15) is 9.90 Å². The summed E-state index contributed by atoms with van der Waals surface area (Å²) >= 11 is 7.58. The zero-order valence-electron chi connectivity index (χ0n) is 8.13. The molecule has 1 aromatic carbocycles. The van der Waals surface area contributed by atoms with Gasteiger partial charge in [-0.15, -0.1) is 5.10 Å². The van der Waals surface area contributed by atoms with Crippen molar-refractivity contribution >= 4 is 40.2 Å². The molecule has 2 aromatic rings. The Hall–Kier alpha value is -1.35. The number of halogens is 2. The Morgan fingerprint density at radius 1 is 1.47 bits per heavy atom. The van der Waals surface area contributed by atoms with Crippen molar-refractivity contribution in [3.8, 4) is 11.4 Å². The molecule has 0 fully saturated rings. The molecule has 0 aliphatic heterocycles. The minimum atomic E-state index is -1.18. The minimum absolute atomic E-state index is 0.0610. The molecule has 2 rings (SSSR count). The predicted octanol–water partition coefficient (Wildman–Crippen LogP) is 1.93. The van der Waals surface area contributed by atoms with E-state index in [1.165, 1.54) is 22.9 Å². The van der Waals surface area contributed by atoms with Crippen LogP contribution in [0.4, 0.5) is 0 Å². The first-order valence-electron chi connectivity index (χ1n) is 4.34. The Morgan fingerprint density at radius 2 is 2.18 bits per heavy atom. The summed E-state index contributed by atoms with van der Waals surface area (Å²) in [6.07, 6.45) is 0. The summed E-state index contributed by atoms with van der Waals surface area (Å²) in [7, 11) is 0. The van der Waals surface area contributed by atoms with Crippen molar-refractivity contribution in [2.45, 2.75) is 0 Å². The first-order valence-corrected chi connectivity index (χ1v) is 5.79. The second-order valence-corrected chi connectivity index (χ2v) is 4.54. The van der Waals surface area contributed by atoms with Gasteiger partial charge in [-0.05, 0) is 40.8 Å². The van der Waals surface area contributed by atoms with Gasteiger partial charge < -0.3 is 10.2 Å². The number of phenolic OH excluding ortho intramolecular Hbond substituents is 1. The Balaban J connectivity index is 2.61. The van der Waals surface area contributed by atoms with Crippen molar-refractivity contribution in [3.05, 3.63) is 32.6 Å². The predicted molar refractivity (Wildman–Crippen MR) is 67.7 cm³/mol. The Labute approximate surface area is 114 Å². The van der Waals surface area contributed by atoms with Crippen LogP contribution in [-0.2, 0) is 0 Å². The van der Waals surface area contributed by atoms with Crippen LogP contribution < -0.4 is 0 Å². The Kier molecular flexibility index (Phi) is 3.20. The molecular weight excluding hydrogens is 360 g/mol. The molecule has 0 bridgehead atoms. The van der Waals surface area contributed by atoms with Crippen molar-refractivity contribution in [2.75, 3.05) is 0 Å². The number of rotatable bonds is 2. The van der Waals surface area contributed by atoms with Crippen LogP contribution >= 0.6 is 34.2 Å². The van der Waals surface area contributed by atoms with E-state index in [0.717, 1.165) is 0 Å². The molecule has 0 aliphatic carbocycles. The summed E-state index contributed by atoms with van der Waals surface area (Å²) in [5.74, 6) is -1.24. The maximum Gasteiger partial charge on any atom is 0.359 e. The number of carboxylic acids is 1. The van der Waals surface area contributed by atoms with Gasteiger partial charge in [-0.3, -0.25) is 0 Å². The van der Waals surface area contributed by atoms with Crippen LogP contribution in [-0.4, -0.2) is 31.2 Å². The zero-order valence-corrected chi connectivity index (χ0v) is 11.0. The molecule has 1 aromatic heterocycles. The lowest BCUT2D eigenvalue weighted by atomic mass is 10.3. The Morgan fingerprint density at radius 3 is 2.76 bits per heavy atom. The molecule has 0 radical (unpaired) electrons. The van der Waals surface area contributed by atoms with E-state index in [4.69, 9.17) is 16.7 Å². The number of nitrogens with zero attached hydrogens (tertiary/aromatic N) is 3. The molecule has 0 saturated carbocycles. The van der Waals surface area contributed by atoms with Crippen LogP contribution in [0.3, 0.4) is 0 Å². The van der Waals surface area contributed by atoms with Gasteiger partial charge in [0.1, 0.15) is 15.1 Å². The van der Waals surface area contributed by atoms with E-state index in [-0.39, 0.29) is 20.8 Å². The van der Waals surface area contributed by atoms with Crippen molar-refractivity contribution in [2.24, 2.45) is 0 Å². The van der Waals surface area contributed by atoms with Crippen LogP contribution in [0.1, 0.15) is 10.5 Å². The highest BCUT2D eigenvalue weighted by Gasteiger charge is 2.19. The fourth-order valence-corrected chi connectivity index (χ4v) is 2.08. The van der Waals surface area contributed by atoms with Gasteiger partial charge in [0.2, 0.25) is 5.69 Å². The van der Waals surface area contributed by atoms with Crippen molar-refractivity contribution in [3.63, 3.8) is 0 Å². The van der Waals surface area contributed by atoms with Crippen LogP contribution in [0, 0.1) is 3.70 Å². The van der Waals surface area contributed by atoms with Crippen LogP contribution in [0.15, 0.2) is 18.2 Å². The summed E-state index contributed by atoms with van der Waals surface area (Å²) in [6.45, 7) is 0. The summed E-state index contributed by atoms with van der Waals surface area (Å²) < 4.78 is 1.50. The van der Waals surface area contributed by atoms with Crippen molar-refractivity contribution in [1.82, 2.24) is 15.0 Å². The number of carbonyl (C=O) groups is 1. The average molecular weight is 366 g/mol. The fourth-order valence-electron chi connectivity index (χ4n) is 1.22. The highest BCUT2D eigenvalue weighted by atomic mass is 127. The summed E-state index contributed by atoms with van der Waals surface area (Å²) in [6, 6.07) is 4.39. The fraction of sp³-hybridized carbons (Fsp3) is 0. The van der Waals surface area contributed by atoms with Gasteiger partial charge in [0.15, 0.2) is 0 Å². The normalized spacial score (nSPS) is 10.5. The second kappa shape index (κ2) is 4.49. The zero-order chi connectivity index (χ0) is 12.6. The van der Waals surface area contributed by atoms with Gasteiger partial charge in [-0.2, -0.15) is 0 Å². The average Bonchev–Trinajstić information content (AvgIpc) is 2.64. The van der Waals surface area contributed by atoms with Gasteiger partial charge in [0.05, 0.1) is 0 Å². The molecule has 17 heavy (non-hydrogen) atoms. The molecule has 0 spiro atoms. The second-order valence-electron chi connectivity index (χ2n) is 3.08. The highest BCUT2D eigenvalue weighted by Crippen LogP contribution is 2.26. The third-order valence-electron chi connectivity index (χ3n) is 1.98. The molecule has 0 unspecified atom stereocenters. The van der Waals surface area contributed by atoms with Crippen molar-refractivity contribution in [1.29, 1.82) is 0 Å². The van der Waals surface area contributed by atoms with E-state index in [1.54, 1.807) is 22.6 Å². The maximum atomic E-state index is 10.8. The maximum absolute atomic E-state index is 10.8. The Bertz CT molecular complexity index is 599. The van der Waals surface area contributed by atoms with Crippen LogP contribution in [0.5, 0.6) is 5.75 Å². The smallest absolute Gasteiger partial charge is 0.359 e. The van der Waals surface area contributed by atoms with Gasteiger partial charge in [0.25, 0.3) is 0 Å². The van der Waals surface area contributed by atoms with E-state index < -0.39 is 5.97 Å². The number of benzene rings is 1. The van der Waals surface area contributed by atoms with Gasteiger partial charge in [-0.25, -0.2) is 9.48 Å². The van der Waals surface area contributed by atoms with Crippen LogP contribution in [0.25, 0.3) is 5.69 Å². The third-order valence-corrected chi connectivity index (χ3v) is 3.19. The monoisotopic (exact) mass is 365 g/mol. The summed E-state index contributed by atoms with van der Waals surface area (Å²) in [5, 5.41) is 26.1. The van der Waals surface area contributed by atoms with Crippen LogP contribution in [0.2, 0.25) is 5.02 Å². The standard InChI is InChI=1S/C9H5ClIN3O3/c10-4-1-2-6(15)5(3-4)14-8(11)7(9(16)17)12-13-14/h1-3,15H,(H,16,17). The largest absolute Gasteiger partial charge is 0.506 e. The van der Waals surface area contributed by atoms with E-state index in [2.05, 4.69) is 10.3 Å². The lowest BCUT2D eigenvalue weighted by Crippen LogP contribution is -2.03. The summed E-state index contributed by atoms with van der Waals surface area (Å²) in [4.78, 5) is 10.8. The molecule has 0 saturated heterocycles. The quantitative estimate of drug-likeness (QED) is 0.794. The van der Waals surface area contributed by atoms with E-state index in [0.29, 0.717) is 5.02 Å². The molecule has 88 valence electrons. The van der Waals surface area contributed by atoms with Crippen molar-refractivity contribution < 1.29 is 15.0 Å². The molecule has 8 heteroatoms. The number of aromatic nitrogens is 3. The van der Waals surface area contributed by atoms with Gasteiger partial charge in [0, 0.05) is 5.02 Å². The third kappa shape index (κ3) is 2.20. The molecule has 2 N–H and O–H groups in total. The molecule has 1 heterocycles. The lowest BCUT2D eigenvalue weighted by molar-refractivity contribution is 0.0689. The number of phenols is 1. The molecule has 0 atom stereocenters. The summed E-state index contributed by atoms with van der Waals surface area (Å²) in [5.41, 5.74) is 0.104. The topological polar surface area (TPSA) is 88.2 Å². The van der Waals surface area contributed by atoms with Gasteiger partial charge >= 0.3 is 5.97 Å². The number of hydrogen-bond donors (Lipinski definition) is 2. The molecular formula is C9H5ClIN3O3. The molecule has 0 amide bonds. The lowest BCUT2D eigenvalue weighted by Gasteiger charge is -2.05. The number of aromatic hydroxyl groups is 1. The molecule has 6 nitrogen and oxygen atoms in total. The number of carboxylic acid groups (broad SMARTS) is 1. The minimum Gasteiger partial charge on any atom is -0.506 e. The first kappa shape index (κ1) is 12.1. The highest BCUT2D eigenvalue weighted by molar-refractivity contribution is 14.1.